The molecule has 0 bridgehead atoms. The van der Waals surface area contributed by atoms with E-state index in [1.165, 1.54) is 20.9 Å². The highest BCUT2D eigenvalue weighted by Crippen LogP contribution is 2.40. The van der Waals surface area contributed by atoms with Gasteiger partial charge < -0.3 is 4.74 Å². The summed E-state index contributed by atoms with van der Waals surface area (Å²) in [7, 11) is 0. The molecule has 0 spiro atoms. The van der Waals surface area contributed by atoms with Gasteiger partial charge >= 0.3 is 0 Å². The Morgan fingerprint density at radius 3 is 2.76 bits per heavy atom. The fourth-order valence-corrected chi connectivity index (χ4v) is 3.21. The van der Waals surface area contributed by atoms with Crippen molar-refractivity contribution in [3.63, 3.8) is 0 Å². The van der Waals surface area contributed by atoms with Gasteiger partial charge in [0.1, 0.15) is 5.75 Å². The second kappa shape index (κ2) is 4.46. The van der Waals surface area contributed by atoms with Crippen molar-refractivity contribution >= 4 is 11.8 Å². The van der Waals surface area contributed by atoms with Crippen molar-refractivity contribution in [3.05, 3.63) is 53.6 Å². The van der Waals surface area contributed by atoms with Crippen LogP contribution in [0.25, 0.3) is 0 Å². The number of hydrogen-bond acceptors (Lipinski definition) is 2. The summed E-state index contributed by atoms with van der Waals surface area (Å²) in [6.45, 7) is 2.74. The van der Waals surface area contributed by atoms with E-state index in [-0.39, 0.29) is 0 Å². The molecule has 17 heavy (non-hydrogen) atoms. The van der Waals surface area contributed by atoms with Gasteiger partial charge in [-0.25, -0.2) is 0 Å². The molecule has 2 aromatic rings. The molecule has 3 rings (SSSR count). The molecule has 0 saturated carbocycles. The van der Waals surface area contributed by atoms with Crippen LogP contribution >= 0.6 is 11.8 Å². The molecule has 0 aromatic heterocycles. The lowest BCUT2D eigenvalue weighted by molar-refractivity contribution is 0.339. The van der Waals surface area contributed by atoms with Crippen molar-refractivity contribution in [1.29, 1.82) is 0 Å². The Hall–Kier alpha value is -1.41. The van der Waals surface area contributed by atoms with E-state index in [0.717, 1.165) is 18.8 Å². The fourth-order valence-electron chi connectivity index (χ4n) is 2.11. The second-order valence-corrected chi connectivity index (χ2v) is 5.17. The number of rotatable bonds is 2. The van der Waals surface area contributed by atoms with Crippen LogP contribution in [0.4, 0.5) is 0 Å². The molecule has 0 atom stereocenters. The predicted octanol–water partition coefficient (Wildman–Crippen LogP) is 4.14. The summed E-state index contributed by atoms with van der Waals surface area (Å²) in [6.07, 6.45) is 1.03. The zero-order valence-electron chi connectivity index (χ0n) is 9.77. The lowest BCUT2D eigenvalue weighted by Gasteiger charge is -2.19. The summed E-state index contributed by atoms with van der Waals surface area (Å²) < 4.78 is 5.55. The molecule has 1 heterocycles. The summed E-state index contributed by atoms with van der Waals surface area (Å²) in [6, 6.07) is 15.0. The molecule has 1 aliphatic rings. The highest BCUT2D eigenvalue weighted by Gasteiger charge is 2.15. The van der Waals surface area contributed by atoms with Gasteiger partial charge in [-0.2, -0.15) is 0 Å². The normalized spacial score (nSPS) is 12.8. The third-order valence-electron chi connectivity index (χ3n) is 2.92. The third kappa shape index (κ3) is 2.05. The Morgan fingerprint density at radius 1 is 1.06 bits per heavy atom. The minimum atomic E-state index is 0.722. The van der Waals surface area contributed by atoms with Crippen molar-refractivity contribution in [3.8, 4) is 5.75 Å². The van der Waals surface area contributed by atoms with Gasteiger partial charge in [0, 0.05) is 9.79 Å². The van der Waals surface area contributed by atoms with Crippen LogP contribution in [0.3, 0.4) is 0 Å². The van der Waals surface area contributed by atoms with Crippen LogP contribution in [-0.2, 0) is 6.42 Å². The third-order valence-corrected chi connectivity index (χ3v) is 4.14. The van der Waals surface area contributed by atoms with Gasteiger partial charge in [0.05, 0.1) is 6.61 Å². The number of hydrogen-bond donors (Lipinski definition) is 0. The minimum absolute atomic E-state index is 0.722. The average Bonchev–Trinajstić information content (AvgIpc) is 2.36. The van der Waals surface area contributed by atoms with Gasteiger partial charge in [0.25, 0.3) is 0 Å². The lowest BCUT2D eigenvalue weighted by Crippen LogP contribution is -2.00. The topological polar surface area (TPSA) is 9.23 Å². The summed E-state index contributed by atoms with van der Waals surface area (Å²) in [4.78, 5) is 2.70. The van der Waals surface area contributed by atoms with E-state index < -0.39 is 0 Å². The summed E-state index contributed by atoms with van der Waals surface area (Å²) in [5.41, 5.74) is 2.83. The number of fused-ring (bicyclic) bond motifs is 2. The van der Waals surface area contributed by atoms with Crippen LogP contribution in [0.15, 0.2) is 52.3 Å². The molecule has 0 fully saturated rings. The van der Waals surface area contributed by atoms with Crippen LogP contribution in [0, 0.1) is 0 Å². The first-order valence-electron chi connectivity index (χ1n) is 5.88. The molecule has 2 aromatic carbocycles. The fraction of sp³-hybridized carbons (Fsp3) is 0.200. The predicted molar refractivity (Wildman–Crippen MR) is 71.0 cm³/mol. The standard InChI is InChI=1S/C15H14OS/c1-2-16-13-8-7-12-9-11-5-3-4-6-14(11)17-15(12)10-13/h3-8,10H,2,9H2,1H3. The van der Waals surface area contributed by atoms with Crippen molar-refractivity contribution in [1.82, 2.24) is 0 Å². The Bertz CT molecular complexity index is 548. The van der Waals surface area contributed by atoms with E-state index in [1.54, 1.807) is 0 Å². The Morgan fingerprint density at radius 2 is 1.88 bits per heavy atom. The maximum atomic E-state index is 5.55. The first-order valence-corrected chi connectivity index (χ1v) is 6.70. The van der Waals surface area contributed by atoms with Crippen molar-refractivity contribution in [2.24, 2.45) is 0 Å². The van der Waals surface area contributed by atoms with Crippen molar-refractivity contribution < 1.29 is 4.74 Å². The number of benzene rings is 2. The summed E-state index contributed by atoms with van der Waals surface area (Å²) in [5, 5.41) is 0. The van der Waals surface area contributed by atoms with E-state index in [9.17, 15) is 0 Å². The molecule has 1 aliphatic heterocycles. The van der Waals surface area contributed by atoms with Crippen LogP contribution < -0.4 is 4.74 Å². The SMILES string of the molecule is CCOc1ccc2c(c1)Sc1ccccc1C2. The van der Waals surface area contributed by atoms with Crippen molar-refractivity contribution in [2.75, 3.05) is 6.61 Å². The van der Waals surface area contributed by atoms with Gasteiger partial charge in [-0.3, -0.25) is 0 Å². The highest BCUT2D eigenvalue weighted by molar-refractivity contribution is 7.99. The van der Waals surface area contributed by atoms with E-state index in [0.29, 0.717) is 0 Å². The molecule has 2 heteroatoms. The van der Waals surface area contributed by atoms with E-state index in [4.69, 9.17) is 4.74 Å². The van der Waals surface area contributed by atoms with Gasteiger partial charge in [0.15, 0.2) is 0 Å². The zero-order valence-corrected chi connectivity index (χ0v) is 10.6. The monoisotopic (exact) mass is 242 g/mol. The molecule has 0 N–H and O–H groups in total. The zero-order chi connectivity index (χ0) is 11.7. The van der Waals surface area contributed by atoms with Crippen molar-refractivity contribution in [2.45, 2.75) is 23.1 Å². The van der Waals surface area contributed by atoms with E-state index in [1.807, 2.05) is 18.7 Å². The smallest absolute Gasteiger partial charge is 0.120 e. The highest BCUT2D eigenvalue weighted by atomic mass is 32.2. The molecular formula is C15H14OS. The van der Waals surface area contributed by atoms with Crippen LogP contribution in [0.1, 0.15) is 18.1 Å². The largest absolute Gasteiger partial charge is 0.494 e. The molecule has 0 amide bonds. The van der Waals surface area contributed by atoms with Gasteiger partial charge in [0.2, 0.25) is 0 Å². The van der Waals surface area contributed by atoms with E-state index >= 15 is 0 Å². The quantitative estimate of drug-likeness (QED) is 0.668. The Kier molecular flexibility index (Phi) is 2.81. The molecule has 0 radical (unpaired) electrons. The minimum Gasteiger partial charge on any atom is -0.494 e. The summed E-state index contributed by atoms with van der Waals surface area (Å²) in [5.74, 6) is 0.970. The van der Waals surface area contributed by atoms with Crippen LogP contribution in [-0.4, -0.2) is 6.61 Å². The van der Waals surface area contributed by atoms with Gasteiger partial charge in [-0.1, -0.05) is 36.0 Å². The van der Waals surface area contributed by atoms with Gasteiger partial charge in [-0.05, 0) is 42.7 Å². The molecule has 0 aliphatic carbocycles. The first kappa shape index (κ1) is 10.7. The Labute approximate surface area is 106 Å². The van der Waals surface area contributed by atoms with Crippen LogP contribution in [0.5, 0.6) is 5.75 Å². The Balaban J connectivity index is 1.97. The molecular weight excluding hydrogens is 228 g/mol. The summed E-state index contributed by atoms with van der Waals surface area (Å²) >= 11 is 1.84. The lowest BCUT2D eigenvalue weighted by atomic mass is 10.0. The second-order valence-electron chi connectivity index (χ2n) is 4.09. The number of ether oxygens (including phenoxy) is 1. The van der Waals surface area contributed by atoms with Gasteiger partial charge in [-0.15, -0.1) is 0 Å². The molecule has 0 unspecified atom stereocenters. The van der Waals surface area contributed by atoms with E-state index in [2.05, 4.69) is 42.5 Å². The molecule has 0 saturated heterocycles. The maximum Gasteiger partial charge on any atom is 0.120 e. The molecule has 1 nitrogen and oxygen atoms in total. The first-order chi connectivity index (χ1) is 8.36. The van der Waals surface area contributed by atoms with Crippen LogP contribution in [0.2, 0.25) is 0 Å². The maximum absolute atomic E-state index is 5.55. The average molecular weight is 242 g/mol. The molecule has 86 valence electrons.